The summed E-state index contributed by atoms with van der Waals surface area (Å²) in [5, 5.41) is 0. The number of rotatable bonds is 4. The van der Waals surface area contributed by atoms with Crippen LogP contribution in [0.5, 0.6) is 0 Å². The molecule has 0 aliphatic heterocycles. The molecular formula is C12H10Br2F2N2S. The third kappa shape index (κ3) is 3.61. The van der Waals surface area contributed by atoms with Crippen molar-refractivity contribution in [1.29, 1.82) is 0 Å². The van der Waals surface area contributed by atoms with Gasteiger partial charge in [0.05, 0.1) is 13.6 Å². The molecule has 1 unspecified atom stereocenters. The summed E-state index contributed by atoms with van der Waals surface area (Å²) in [6.07, 6.45) is 0.468. The van der Waals surface area contributed by atoms with Crippen LogP contribution in [0.2, 0.25) is 0 Å². The molecule has 2 rings (SSSR count). The Morgan fingerprint density at radius 1 is 1.21 bits per heavy atom. The SMILES string of the molecule is NNC(Cc1ccc(F)c(F)c1)c1cc(Br)sc1Br. The zero-order valence-corrected chi connectivity index (χ0v) is 13.6. The van der Waals surface area contributed by atoms with Gasteiger partial charge in [0.2, 0.25) is 0 Å². The second-order valence-corrected chi connectivity index (χ2v) is 7.70. The van der Waals surface area contributed by atoms with E-state index in [1.54, 1.807) is 6.07 Å². The van der Waals surface area contributed by atoms with E-state index >= 15 is 0 Å². The smallest absolute Gasteiger partial charge is 0.159 e. The topological polar surface area (TPSA) is 38.0 Å². The van der Waals surface area contributed by atoms with Gasteiger partial charge in [0.15, 0.2) is 11.6 Å². The summed E-state index contributed by atoms with van der Waals surface area (Å²) >= 11 is 8.39. The Hall–Kier alpha value is -0.340. The van der Waals surface area contributed by atoms with Gasteiger partial charge >= 0.3 is 0 Å². The number of benzene rings is 1. The molecule has 102 valence electrons. The molecule has 0 amide bonds. The Kier molecular flexibility index (Phi) is 5.08. The maximum absolute atomic E-state index is 13.2. The number of nitrogens with two attached hydrogens (primary N) is 1. The van der Waals surface area contributed by atoms with Crippen molar-refractivity contribution in [2.24, 2.45) is 5.84 Å². The summed E-state index contributed by atoms with van der Waals surface area (Å²) in [4.78, 5) is 0. The minimum Gasteiger partial charge on any atom is -0.271 e. The van der Waals surface area contributed by atoms with Crippen LogP contribution < -0.4 is 11.3 Å². The summed E-state index contributed by atoms with van der Waals surface area (Å²) in [6.45, 7) is 0. The van der Waals surface area contributed by atoms with Crippen molar-refractivity contribution in [3.8, 4) is 0 Å². The number of hydrogen-bond acceptors (Lipinski definition) is 3. The van der Waals surface area contributed by atoms with Gasteiger partial charge in [-0.25, -0.2) is 8.78 Å². The van der Waals surface area contributed by atoms with E-state index in [2.05, 4.69) is 37.3 Å². The zero-order chi connectivity index (χ0) is 14.0. The normalized spacial score (nSPS) is 12.7. The fourth-order valence-corrected chi connectivity index (χ4v) is 4.73. The molecule has 0 bridgehead atoms. The molecule has 0 aliphatic rings. The molecule has 2 nitrogen and oxygen atoms in total. The van der Waals surface area contributed by atoms with Crippen molar-refractivity contribution in [2.45, 2.75) is 12.5 Å². The summed E-state index contributed by atoms with van der Waals surface area (Å²) in [5.74, 6) is 3.85. The van der Waals surface area contributed by atoms with Crippen LogP contribution in [0.1, 0.15) is 17.2 Å². The van der Waals surface area contributed by atoms with Crippen LogP contribution >= 0.6 is 43.2 Å². The lowest BCUT2D eigenvalue weighted by molar-refractivity contribution is 0.502. The first-order valence-corrected chi connectivity index (χ1v) is 7.76. The molecule has 0 fully saturated rings. The predicted molar refractivity (Wildman–Crippen MR) is 79.8 cm³/mol. The van der Waals surface area contributed by atoms with E-state index < -0.39 is 11.6 Å². The van der Waals surface area contributed by atoms with Gasteiger partial charge < -0.3 is 0 Å². The zero-order valence-electron chi connectivity index (χ0n) is 9.59. The summed E-state index contributed by atoms with van der Waals surface area (Å²) in [7, 11) is 0. The van der Waals surface area contributed by atoms with Crippen molar-refractivity contribution in [1.82, 2.24) is 5.43 Å². The van der Waals surface area contributed by atoms with Crippen LogP contribution in [0.15, 0.2) is 31.8 Å². The highest BCUT2D eigenvalue weighted by molar-refractivity contribution is 9.12. The highest BCUT2D eigenvalue weighted by Gasteiger charge is 2.17. The standard InChI is InChI=1S/C12H10Br2F2N2S/c13-11-5-7(12(14)19-11)10(18-17)4-6-1-2-8(15)9(16)3-6/h1-3,5,10,18H,4,17H2. The molecule has 19 heavy (non-hydrogen) atoms. The van der Waals surface area contributed by atoms with E-state index in [0.29, 0.717) is 12.0 Å². The number of hydrazine groups is 1. The van der Waals surface area contributed by atoms with Gasteiger partial charge in [-0.3, -0.25) is 11.3 Å². The van der Waals surface area contributed by atoms with Gasteiger partial charge in [-0.1, -0.05) is 6.07 Å². The monoisotopic (exact) mass is 410 g/mol. The van der Waals surface area contributed by atoms with Gasteiger partial charge in [0, 0.05) is 0 Å². The van der Waals surface area contributed by atoms with Crippen LogP contribution in [0, 0.1) is 11.6 Å². The van der Waals surface area contributed by atoms with E-state index in [4.69, 9.17) is 5.84 Å². The fraction of sp³-hybridized carbons (Fsp3) is 0.167. The molecular weight excluding hydrogens is 402 g/mol. The van der Waals surface area contributed by atoms with Crippen molar-refractivity contribution in [2.75, 3.05) is 0 Å². The molecule has 0 saturated heterocycles. The first-order chi connectivity index (χ1) is 9.01. The molecule has 0 saturated carbocycles. The lowest BCUT2D eigenvalue weighted by Crippen LogP contribution is -2.29. The van der Waals surface area contributed by atoms with Crippen LogP contribution in [-0.2, 0) is 6.42 Å². The molecule has 0 spiro atoms. The lowest BCUT2D eigenvalue weighted by atomic mass is 10.0. The molecule has 1 heterocycles. The predicted octanol–water partition coefficient (Wildman–Crippen LogP) is 4.30. The average Bonchev–Trinajstić information content (AvgIpc) is 2.70. The van der Waals surface area contributed by atoms with E-state index in [0.717, 1.165) is 19.2 Å². The van der Waals surface area contributed by atoms with Crippen molar-refractivity contribution < 1.29 is 8.78 Å². The number of hydrogen-bond donors (Lipinski definition) is 2. The molecule has 1 aromatic heterocycles. The molecule has 0 aliphatic carbocycles. The van der Waals surface area contributed by atoms with Gasteiger partial charge in [0.1, 0.15) is 0 Å². The Labute approximate surface area is 130 Å². The van der Waals surface area contributed by atoms with Crippen molar-refractivity contribution in [3.05, 3.63) is 54.6 Å². The van der Waals surface area contributed by atoms with E-state index in [1.807, 2.05) is 6.07 Å². The highest BCUT2D eigenvalue weighted by Crippen LogP contribution is 2.36. The second-order valence-electron chi connectivity index (χ2n) is 3.95. The molecule has 3 N–H and O–H groups in total. The lowest BCUT2D eigenvalue weighted by Gasteiger charge is -2.15. The van der Waals surface area contributed by atoms with Crippen LogP contribution in [0.3, 0.4) is 0 Å². The molecule has 7 heteroatoms. The number of halogens is 4. The van der Waals surface area contributed by atoms with Crippen LogP contribution in [0.25, 0.3) is 0 Å². The van der Waals surface area contributed by atoms with E-state index in [9.17, 15) is 8.78 Å². The molecule has 0 radical (unpaired) electrons. The Balaban J connectivity index is 2.23. The Morgan fingerprint density at radius 3 is 2.47 bits per heavy atom. The summed E-state index contributed by atoms with van der Waals surface area (Å²) in [6, 6.07) is 5.63. The molecule has 1 atom stereocenters. The van der Waals surface area contributed by atoms with Gasteiger partial charge in [-0.15, -0.1) is 11.3 Å². The van der Waals surface area contributed by atoms with Gasteiger partial charge in [-0.2, -0.15) is 0 Å². The largest absolute Gasteiger partial charge is 0.271 e. The van der Waals surface area contributed by atoms with Crippen LogP contribution in [0.4, 0.5) is 8.78 Å². The fourth-order valence-electron chi connectivity index (χ4n) is 1.75. The third-order valence-electron chi connectivity index (χ3n) is 2.68. The number of thiophene rings is 1. The first kappa shape index (κ1) is 15.1. The maximum atomic E-state index is 13.2. The van der Waals surface area contributed by atoms with E-state index in [-0.39, 0.29) is 6.04 Å². The molecule has 2 aromatic rings. The van der Waals surface area contributed by atoms with Crippen molar-refractivity contribution >= 4 is 43.2 Å². The van der Waals surface area contributed by atoms with Crippen molar-refractivity contribution in [3.63, 3.8) is 0 Å². The first-order valence-electron chi connectivity index (χ1n) is 5.36. The van der Waals surface area contributed by atoms with Gasteiger partial charge in [0.25, 0.3) is 0 Å². The summed E-state index contributed by atoms with van der Waals surface area (Å²) < 4.78 is 28.0. The second kappa shape index (κ2) is 6.41. The number of nitrogens with one attached hydrogen (secondary N) is 1. The van der Waals surface area contributed by atoms with Crippen LogP contribution in [-0.4, -0.2) is 0 Å². The third-order valence-corrected chi connectivity index (χ3v) is 5.07. The summed E-state index contributed by atoms with van der Waals surface area (Å²) in [5.41, 5.74) is 4.35. The van der Waals surface area contributed by atoms with E-state index in [1.165, 1.54) is 17.4 Å². The average molecular weight is 412 g/mol. The maximum Gasteiger partial charge on any atom is 0.159 e. The minimum atomic E-state index is -0.848. The Morgan fingerprint density at radius 2 is 1.95 bits per heavy atom. The Bertz CT molecular complexity index is 589. The minimum absolute atomic E-state index is 0.179. The highest BCUT2D eigenvalue weighted by atomic mass is 79.9. The quantitative estimate of drug-likeness (QED) is 0.581. The molecule has 1 aromatic carbocycles. The van der Waals surface area contributed by atoms with Gasteiger partial charge in [-0.05, 0) is 67.6 Å².